The number of hydrogen-bond acceptors (Lipinski definition) is 3. The first-order chi connectivity index (χ1) is 10.8. The number of allylic oxidation sites excluding steroid dienone is 3. The molecular weight excluding hydrogens is 274 g/mol. The Labute approximate surface area is 133 Å². The lowest BCUT2D eigenvalue weighted by Gasteiger charge is -2.40. The Morgan fingerprint density at radius 1 is 1.32 bits per heavy atom. The topological polar surface area (TPSA) is 50.8 Å². The number of nitrogens with zero attached hydrogens (tertiary/aromatic N) is 2. The second-order valence-corrected chi connectivity index (χ2v) is 6.66. The van der Waals surface area contributed by atoms with E-state index in [9.17, 15) is 0 Å². The molecule has 0 aliphatic heterocycles. The van der Waals surface area contributed by atoms with Crippen molar-refractivity contribution >= 4 is 0 Å². The van der Waals surface area contributed by atoms with Crippen LogP contribution in [-0.2, 0) is 11.2 Å². The summed E-state index contributed by atoms with van der Waals surface area (Å²) >= 11 is 0. The van der Waals surface area contributed by atoms with E-state index in [1.807, 2.05) is 6.20 Å². The molecule has 1 fully saturated rings. The van der Waals surface area contributed by atoms with Crippen molar-refractivity contribution in [2.75, 3.05) is 0 Å². The van der Waals surface area contributed by atoms with Crippen LogP contribution in [0.4, 0.5) is 0 Å². The average Bonchev–Trinajstić information content (AvgIpc) is 3.07. The number of ether oxygens (including phenoxy) is 1. The third-order valence-corrected chi connectivity index (χ3v) is 5.07. The molecule has 4 heteroatoms. The SMILES string of the molecule is CCC(OC1CCCCC1)C1(Cc2cn[nH]n2)C=CC=CC1. The average molecular weight is 301 g/mol. The van der Waals surface area contributed by atoms with Gasteiger partial charge >= 0.3 is 0 Å². The van der Waals surface area contributed by atoms with Gasteiger partial charge in [0.2, 0.25) is 0 Å². The Balaban J connectivity index is 1.76. The third kappa shape index (κ3) is 3.49. The van der Waals surface area contributed by atoms with Crippen molar-refractivity contribution < 1.29 is 4.74 Å². The number of rotatable bonds is 6. The van der Waals surface area contributed by atoms with Crippen molar-refractivity contribution in [3.05, 3.63) is 36.2 Å². The van der Waals surface area contributed by atoms with Crippen LogP contribution in [0.1, 0.15) is 57.6 Å². The summed E-state index contributed by atoms with van der Waals surface area (Å²) in [6.45, 7) is 2.24. The van der Waals surface area contributed by atoms with E-state index in [0.29, 0.717) is 6.10 Å². The number of aromatic amines is 1. The van der Waals surface area contributed by atoms with Crippen LogP contribution in [-0.4, -0.2) is 27.6 Å². The fourth-order valence-electron chi connectivity index (χ4n) is 3.88. The molecule has 22 heavy (non-hydrogen) atoms. The van der Waals surface area contributed by atoms with Gasteiger partial charge in [0.25, 0.3) is 0 Å². The highest BCUT2D eigenvalue weighted by Gasteiger charge is 2.38. The molecular formula is C18H27N3O. The Bertz CT molecular complexity index is 502. The lowest BCUT2D eigenvalue weighted by molar-refractivity contribution is -0.0809. The Hall–Kier alpha value is -1.42. The highest BCUT2D eigenvalue weighted by Crippen LogP contribution is 2.40. The van der Waals surface area contributed by atoms with Crippen LogP contribution >= 0.6 is 0 Å². The summed E-state index contributed by atoms with van der Waals surface area (Å²) in [6.07, 6.45) is 20.8. The van der Waals surface area contributed by atoms with Crippen LogP contribution in [0.15, 0.2) is 30.5 Å². The molecule has 1 heterocycles. The van der Waals surface area contributed by atoms with E-state index in [0.717, 1.165) is 25.0 Å². The van der Waals surface area contributed by atoms with Crippen LogP contribution < -0.4 is 0 Å². The summed E-state index contributed by atoms with van der Waals surface area (Å²) in [5.74, 6) is 0. The van der Waals surface area contributed by atoms with Gasteiger partial charge in [-0.05, 0) is 25.7 Å². The normalized spacial score (nSPS) is 27.1. The molecule has 0 radical (unpaired) electrons. The van der Waals surface area contributed by atoms with Crippen molar-refractivity contribution in [3.63, 3.8) is 0 Å². The molecule has 4 nitrogen and oxygen atoms in total. The van der Waals surface area contributed by atoms with Gasteiger partial charge in [0.1, 0.15) is 0 Å². The van der Waals surface area contributed by atoms with Crippen LogP contribution in [0, 0.1) is 5.41 Å². The van der Waals surface area contributed by atoms with Crippen molar-refractivity contribution in [1.82, 2.24) is 15.4 Å². The molecule has 2 unspecified atom stereocenters. The maximum atomic E-state index is 6.59. The van der Waals surface area contributed by atoms with E-state index in [4.69, 9.17) is 4.74 Å². The smallest absolute Gasteiger partial charge is 0.0834 e. The van der Waals surface area contributed by atoms with E-state index in [-0.39, 0.29) is 11.5 Å². The number of hydrogen-bond donors (Lipinski definition) is 1. The molecule has 1 saturated carbocycles. The zero-order valence-electron chi connectivity index (χ0n) is 13.5. The van der Waals surface area contributed by atoms with E-state index < -0.39 is 0 Å². The summed E-state index contributed by atoms with van der Waals surface area (Å²) in [5.41, 5.74) is 1.03. The Kier molecular flexibility index (Phi) is 5.08. The summed E-state index contributed by atoms with van der Waals surface area (Å²) in [6, 6.07) is 0. The lowest BCUT2D eigenvalue weighted by Crippen LogP contribution is -2.40. The molecule has 120 valence electrons. The standard InChI is InChI=1S/C18H27N3O/c1-2-17(22-16-9-5-3-6-10-16)18(11-7-4-8-12-18)13-15-14-19-21-20-15/h4,7-8,11,14,16-17H,2-3,5-6,9-10,12-13H2,1H3,(H,19,20,21). The maximum Gasteiger partial charge on any atom is 0.0834 e. The predicted octanol–water partition coefficient (Wildman–Crippen LogP) is 3.98. The van der Waals surface area contributed by atoms with E-state index in [2.05, 4.69) is 46.6 Å². The Morgan fingerprint density at radius 3 is 2.82 bits per heavy atom. The zero-order valence-corrected chi connectivity index (χ0v) is 13.5. The molecule has 0 aromatic carbocycles. The van der Waals surface area contributed by atoms with Crippen LogP contribution in [0.25, 0.3) is 0 Å². The molecule has 1 N–H and O–H groups in total. The predicted molar refractivity (Wildman–Crippen MR) is 87.5 cm³/mol. The molecule has 0 bridgehead atoms. The van der Waals surface area contributed by atoms with Gasteiger partial charge in [-0.15, -0.1) is 0 Å². The summed E-state index contributed by atoms with van der Waals surface area (Å²) in [7, 11) is 0. The van der Waals surface area contributed by atoms with Gasteiger partial charge in [-0.2, -0.15) is 15.4 Å². The third-order valence-electron chi connectivity index (χ3n) is 5.07. The first kappa shape index (κ1) is 15.5. The van der Waals surface area contributed by atoms with Gasteiger partial charge in [-0.3, -0.25) is 0 Å². The summed E-state index contributed by atoms with van der Waals surface area (Å²) < 4.78 is 6.59. The van der Waals surface area contributed by atoms with E-state index in [1.165, 1.54) is 32.1 Å². The minimum absolute atomic E-state index is 0.0117. The highest BCUT2D eigenvalue weighted by atomic mass is 16.5. The van der Waals surface area contributed by atoms with Gasteiger partial charge in [0.15, 0.2) is 0 Å². The molecule has 3 rings (SSSR count). The molecule has 0 spiro atoms. The molecule has 2 aliphatic carbocycles. The highest BCUT2D eigenvalue weighted by molar-refractivity contribution is 5.21. The van der Waals surface area contributed by atoms with Gasteiger partial charge < -0.3 is 4.74 Å². The fourth-order valence-corrected chi connectivity index (χ4v) is 3.88. The van der Waals surface area contributed by atoms with E-state index in [1.54, 1.807) is 0 Å². The minimum Gasteiger partial charge on any atom is -0.374 e. The van der Waals surface area contributed by atoms with Gasteiger partial charge in [-0.1, -0.05) is 50.5 Å². The first-order valence-corrected chi connectivity index (χ1v) is 8.67. The van der Waals surface area contributed by atoms with Crippen molar-refractivity contribution in [2.24, 2.45) is 5.41 Å². The largest absolute Gasteiger partial charge is 0.374 e. The number of nitrogens with one attached hydrogen (secondary N) is 1. The fraction of sp³-hybridized carbons (Fsp3) is 0.667. The summed E-state index contributed by atoms with van der Waals surface area (Å²) in [4.78, 5) is 0. The van der Waals surface area contributed by atoms with Crippen LogP contribution in [0.2, 0.25) is 0 Å². The van der Waals surface area contributed by atoms with Gasteiger partial charge in [0.05, 0.1) is 24.1 Å². The number of aromatic nitrogens is 3. The molecule has 1 aromatic heterocycles. The first-order valence-electron chi connectivity index (χ1n) is 8.67. The van der Waals surface area contributed by atoms with Crippen molar-refractivity contribution in [2.45, 2.75) is 70.5 Å². The van der Waals surface area contributed by atoms with Gasteiger partial charge in [0, 0.05) is 11.8 Å². The maximum absolute atomic E-state index is 6.59. The second-order valence-electron chi connectivity index (χ2n) is 6.66. The molecule has 2 atom stereocenters. The lowest BCUT2D eigenvalue weighted by atomic mass is 9.72. The zero-order chi connectivity index (χ0) is 15.3. The monoisotopic (exact) mass is 301 g/mol. The number of H-pyrrole nitrogens is 1. The molecule has 2 aliphatic rings. The second kappa shape index (κ2) is 7.23. The van der Waals surface area contributed by atoms with E-state index >= 15 is 0 Å². The van der Waals surface area contributed by atoms with Gasteiger partial charge in [-0.25, -0.2) is 0 Å². The van der Waals surface area contributed by atoms with Crippen molar-refractivity contribution in [1.29, 1.82) is 0 Å². The summed E-state index contributed by atoms with van der Waals surface area (Å²) in [5, 5.41) is 11.0. The van der Waals surface area contributed by atoms with Crippen LogP contribution in [0.5, 0.6) is 0 Å². The molecule has 0 saturated heterocycles. The Morgan fingerprint density at radius 2 is 2.18 bits per heavy atom. The van der Waals surface area contributed by atoms with Crippen LogP contribution in [0.3, 0.4) is 0 Å². The minimum atomic E-state index is 0.0117. The quantitative estimate of drug-likeness (QED) is 0.864. The molecule has 0 amide bonds. The molecule has 1 aromatic rings. The van der Waals surface area contributed by atoms with Crippen molar-refractivity contribution in [3.8, 4) is 0 Å².